The van der Waals surface area contributed by atoms with Gasteiger partial charge in [-0.1, -0.05) is 139 Å². The highest BCUT2D eigenvalue weighted by Gasteiger charge is 2.22. The van der Waals surface area contributed by atoms with Crippen LogP contribution >= 0.6 is 0 Å². The minimum Gasteiger partial charge on any atom is -0.0622 e. The summed E-state index contributed by atoms with van der Waals surface area (Å²) in [7, 11) is 0. The van der Waals surface area contributed by atoms with Crippen LogP contribution in [0.3, 0.4) is 0 Å². The van der Waals surface area contributed by atoms with Crippen molar-refractivity contribution in [2.75, 3.05) is 0 Å². The molecule has 0 heterocycles. The summed E-state index contributed by atoms with van der Waals surface area (Å²) in [5, 5.41) is 0. The van der Waals surface area contributed by atoms with Crippen molar-refractivity contribution in [1.29, 1.82) is 0 Å². The van der Waals surface area contributed by atoms with Crippen molar-refractivity contribution in [1.82, 2.24) is 0 Å². The first-order valence-electron chi connectivity index (χ1n) is 11.5. The first-order chi connectivity index (χ1) is 16.3. The molecule has 0 aromatic heterocycles. The van der Waals surface area contributed by atoms with Crippen LogP contribution in [-0.2, 0) is 0 Å². The summed E-state index contributed by atoms with van der Waals surface area (Å²) in [6.07, 6.45) is 0. The maximum atomic E-state index is 3.88. The number of hydrogen-bond donors (Lipinski definition) is 0. The van der Waals surface area contributed by atoms with Crippen molar-refractivity contribution in [2.24, 2.45) is 0 Å². The van der Waals surface area contributed by atoms with Gasteiger partial charge in [-0.05, 0) is 46.4 Å². The molecule has 0 atom stereocenters. The zero-order valence-electron chi connectivity index (χ0n) is 18.9. The lowest BCUT2D eigenvalue weighted by atomic mass is 9.80. The van der Waals surface area contributed by atoms with E-state index in [1.807, 2.05) is 0 Å². The Morgan fingerprint density at radius 3 is 0.970 bits per heavy atom. The molecule has 0 bridgehead atoms. The Morgan fingerprint density at radius 2 is 0.697 bits per heavy atom. The van der Waals surface area contributed by atoms with Gasteiger partial charge in [0.1, 0.15) is 0 Å². The molecule has 159 valence electrons. The van der Waals surface area contributed by atoms with Crippen molar-refractivity contribution in [3.8, 4) is 0 Å². The Balaban J connectivity index is 1.69. The van der Waals surface area contributed by atoms with E-state index in [1.165, 1.54) is 38.9 Å². The second-order valence-corrected chi connectivity index (χ2v) is 8.58. The summed E-state index contributed by atoms with van der Waals surface area (Å²) in [4.78, 5) is 0. The highest BCUT2D eigenvalue weighted by molar-refractivity contribution is 5.49. The maximum absolute atomic E-state index is 3.88. The van der Waals surface area contributed by atoms with Gasteiger partial charge in [-0.15, -0.1) is 0 Å². The SMILES string of the molecule is Cc1cc(C(c2ccccc2)c2ccccc2)[c]c(C(c2ccccc2)c2ccccc2)c1. The van der Waals surface area contributed by atoms with Gasteiger partial charge >= 0.3 is 0 Å². The fraction of sp³-hybridized carbons (Fsp3) is 0.0909. The van der Waals surface area contributed by atoms with E-state index < -0.39 is 0 Å². The van der Waals surface area contributed by atoms with Crippen LogP contribution in [-0.4, -0.2) is 0 Å². The number of benzene rings is 5. The fourth-order valence-corrected chi connectivity index (χ4v) is 4.77. The monoisotopic (exact) mass is 423 g/mol. The van der Waals surface area contributed by atoms with E-state index in [1.54, 1.807) is 0 Å². The van der Waals surface area contributed by atoms with Gasteiger partial charge in [0.05, 0.1) is 0 Å². The summed E-state index contributed by atoms with van der Waals surface area (Å²) < 4.78 is 0. The molecule has 0 nitrogen and oxygen atoms in total. The van der Waals surface area contributed by atoms with Gasteiger partial charge < -0.3 is 0 Å². The largest absolute Gasteiger partial charge is 0.0622 e. The van der Waals surface area contributed by atoms with Crippen LogP contribution in [0.1, 0.15) is 50.8 Å². The first-order valence-corrected chi connectivity index (χ1v) is 11.5. The molecule has 0 fully saturated rings. The van der Waals surface area contributed by atoms with Crippen molar-refractivity contribution in [2.45, 2.75) is 18.8 Å². The molecule has 0 aliphatic carbocycles. The Hall–Kier alpha value is -3.90. The molecule has 0 aliphatic rings. The molecule has 0 spiro atoms. The standard InChI is InChI=1S/C33H27/c1-25-22-30(32(26-14-6-2-7-15-26)27-16-8-3-9-17-27)24-31(23-25)33(28-18-10-4-11-19-28)29-20-12-5-13-21-29/h2-23,32-33H,1H3. The number of hydrogen-bond acceptors (Lipinski definition) is 0. The molecule has 0 saturated heterocycles. The molecule has 5 aromatic rings. The Kier molecular flexibility index (Phi) is 6.17. The van der Waals surface area contributed by atoms with Gasteiger partial charge in [0.15, 0.2) is 0 Å². The van der Waals surface area contributed by atoms with E-state index in [2.05, 4.69) is 146 Å². The number of rotatable bonds is 6. The van der Waals surface area contributed by atoms with Gasteiger partial charge in [0.2, 0.25) is 0 Å². The predicted molar refractivity (Wildman–Crippen MR) is 138 cm³/mol. The summed E-state index contributed by atoms with van der Waals surface area (Å²) >= 11 is 0. The van der Waals surface area contributed by atoms with Gasteiger partial charge in [0.25, 0.3) is 0 Å². The molecule has 0 aliphatic heterocycles. The zero-order valence-corrected chi connectivity index (χ0v) is 18.9. The van der Waals surface area contributed by atoms with Crippen molar-refractivity contribution in [3.05, 3.63) is 178 Å². The zero-order chi connectivity index (χ0) is 22.5. The minimum absolute atomic E-state index is 0.137. The van der Waals surface area contributed by atoms with E-state index in [-0.39, 0.29) is 11.8 Å². The van der Waals surface area contributed by atoms with Crippen molar-refractivity contribution < 1.29 is 0 Å². The lowest BCUT2D eigenvalue weighted by Gasteiger charge is -2.23. The van der Waals surface area contributed by atoms with E-state index in [0.717, 1.165) is 0 Å². The van der Waals surface area contributed by atoms with Crippen LogP contribution < -0.4 is 0 Å². The lowest BCUT2D eigenvalue weighted by molar-refractivity contribution is 0.931. The molecule has 33 heavy (non-hydrogen) atoms. The molecule has 5 aromatic carbocycles. The average Bonchev–Trinajstić information content (AvgIpc) is 2.87. The summed E-state index contributed by atoms with van der Waals surface area (Å²) in [5.41, 5.74) is 8.81. The van der Waals surface area contributed by atoms with E-state index >= 15 is 0 Å². The Bertz CT molecular complexity index is 1110. The van der Waals surface area contributed by atoms with Crippen molar-refractivity contribution >= 4 is 0 Å². The van der Waals surface area contributed by atoms with Gasteiger partial charge in [-0.25, -0.2) is 0 Å². The maximum Gasteiger partial charge on any atom is 0.0346 e. The topological polar surface area (TPSA) is 0 Å². The average molecular weight is 424 g/mol. The van der Waals surface area contributed by atoms with E-state index in [4.69, 9.17) is 0 Å². The fourth-order valence-electron chi connectivity index (χ4n) is 4.77. The first kappa shape index (κ1) is 21.0. The normalized spacial score (nSPS) is 11.1. The minimum atomic E-state index is 0.137. The van der Waals surface area contributed by atoms with E-state index in [0.29, 0.717) is 0 Å². The molecule has 0 N–H and O–H groups in total. The second kappa shape index (κ2) is 9.71. The molecule has 0 heteroatoms. The van der Waals surface area contributed by atoms with Crippen LogP contribution in [0.4, 0.5) is 0 Å². The van der Waals surface area contributed by atoms with E-state index in [9.17, 15) is 0 Å². The molecule has 1 radical (unpaired) electrons. The van der Waals surface area contributed by atoms with Crippen LogP contribution in [0.15, 0.2) is 133 Å². The summed E-state index contributed by atoms with van der Waals surface area (Å²) in [6, 6.07) is 51.6. The Labute approximate surface area is 197 Å². The van der Waals surface area contributed by atoms with Crippen LogP contribution in [0, 0.1) is 13.0 Å². The number of aryl methyl sites for hydroxylation is 1. The van der Waals surface area contributed by atoms with Gasteiger partial charge in [-0.3, -0.25) is 0 Å². The van der Waals surface area contributed by atoms with Crippen LogP contribution in [0.25, 0.3) is 0 Å². The highest BCUT2D eigenvalue weighted by atomic mass is 14.2. The third kappa shape index (κ3) is 4.66. The third-order valence-corrected chi connectivity index (χ3v) is 6.21. The summed E-state index contributed by atoms with van der Waals surface area (Å²) in [5.74, 6) is 0.275. The van der Waals surface area contributed by atoms with Crippen LogP contribution in [0.2, 0.25) is 0 Å². The quantitative estimate of drug-likeness (QED) is 0.242. The smallest absolute Gasteiger partial charge is 0.0346 e. The molecular weight excluding hydrogens is 396 g/mol. The highest BCUT2D eigenvalue weighted by Crippen LogP contribution is 2.37. The molecule has 0 amide bonds. The van der Waals surface area contributed by atoms with Crippen molar-refractivity contribution in [3.63, 3.8) is 0 Å². The lowest BCUT2D eigenvalue weighted by Crippen LogP contribution is -2.08. The molecule has 5 rings (SSSR count). The third-order valence-electron chi connectivity index (χ3n) is 6.21. The molecule has 0 unspecified atom stereocenters. The predicted octanol–water partition coefficient (Wildman–Crippen LogP) is 8.16. The summed E-state index contributed by atoms with van der Waals surface area (Å²) in [6.45, 7) is 2.20. The Morgan fingerprint density at radius 1 is 0.424 bits per heavy atom. The van der Waals surface area contributed by atoms with Gasteiger partial charge in [0, 0.05) is 11.8 Å². The molecular formula is C33H27. The molecule has 0 saturated carbocycles. The second-order valence-electron chi connectivity index (χ2n) is 8.58. The van der Waals surface area contributed by atoms with Crippen LogP contribution in [0.5, 0.6) is 0 Å². The van der Waals surface area contributed by atoms with Gasteiger partial charge in [-0.2, -0.15) is 0 Å².